The Bertz CT molecular complexity index is 494. The maximum absolute atomic E-state index is 6.05. The molecule has 1 aromatic carbocycles. The van der Waals surface area contributed by atoms with E-state index >= 15 is 0 Å². The molecule has 2 nitrogen and oxygen atoms in total. The summed E-state index contributed by atoms with van der Waals surface area (Å²) < 4.78 is 0. The Hall–Kier alpha value is -1.06. The van der Waals surface area contributed by atoms with Gasteiger partial charge in [0.05, 0.1) is 11.6 Å². The lowest BCUT2D eigenvalue weighted by Crippen LogP contribution is -1.99. The lowest BCUT2D eigenvalue weighted by Gasteiger charge is -2.09. The summed E-state index contributed by atoms with van der Waals surface area (Å²) in [5, 5.41) is 5.26. The molecule has 2 rings (SSSR count). The first-order chi connectivity index (χ1) is 7.66. The van der Waals surface area contributed by atoms with Crippen LogP contribution in [0.15, 0.2) is 24.4 Å². The summed E-state index contributed by atoms with van der Waals surface area (Å²) in [6.07, 6.45) is 1.91. The molecule has 0 spiro atoms. The van der Waals surface area contributed by atoms with Crippen molar-refractivity contribution in [2.75, 3.05) is 5.32 Å². The van der Waals surface area contributed by atoms with Gasteiger partial charge in [0, 0.05) is 21.8 Å². The van der Waals surface area contributed by atoms with Gasteiger partial charge in [0.1, 0.15) is 0 Å². The standard InChI is InChI=1S/C12H13ClN2S/c1-8-11(13)4-3-5-12(8)15-7-10-6-14-9(2)16-10/h3-6,15H,7H2,1-2H3. The Kier molecular flexibility index (Phi) is 3.46. The number of hydrogen-bond donors (Lipinski definition) is 1. The third-order valence-electron chi connectivity index (χ3n) is 2.39. The summed E-state index contributed by atoms with van der Waals surface area (Å²) in [6, 6.07) is 5.89. The molecule has 16 heavy (non-hydrogen) atoms. The molecule has 0 aliphatic rings. The van der Waals surface area contributed by atoms with Crippen LogP contribution in [-0.2, 0) is 6.54 Å². The first-order valence-corrected chi connectivity index (χ1v) is 6.26. The van der Waals surface area contributed by atoms with E-state index in [1.165, 1.54) is 4.88 Å². The van der Waals surface area contributed by atoms with Crippen LogP contribution in [0.25, 0.3) is 0 Å². The van der Waals surface area contributed by atoms with Gasteiger partial charge in [-0.1, -0.05) is 17.7 Å². The summed E-state index contributed by atoms with van der Waals surface area (Å²) in [5.41, 5.74) is 2.17. The number of anilines is 1. The predicted octanol–water partition coefficient (Wildman–Crippen LogP) is 4.03. The van der Waals surface area contributed by atoms with Gasteiger partial charge in [0.2, 0.25) is 0 Å². The third-order valence-corrected chi connectivity index (χ3v) is 3.71. The van der Waals surface area contributed by atoms with Gasteiger partial charge < -0.3 is 5.32 Å². The number of halogens is 1. The average Bonchev–Trinajstić information content (AvgIpc) is 2.67. The number of aromatic nitrogens is 1. The second kappa shape index (κ2) is 4.85. The molecule has 0 aliphatic heterocycles. The maximum atomic E-state index is 6.05. The van der Waals surface area contributed by atoms with E-state index in [9.17, 15) is 0 Å². The molecule has 0 bridgehead atoms. The van der Waals surface area contributed by atoms with Gasteiger partial charge >= 0.3 is 0 Å². The van der Waals surface area contributed by atoms with Crippen molar-refractivity contribution < 1.29 is 0 Å². The van der Waals surface area contributed by atoms with Crippen LogP contribution in [0.4, 0.5) is 5.69 Å². The fraction of sp³-hybridized carbons (Fsp3) is 0.250. The quantitative estimate of drug-likeness (QED) is 0.892. The van der Waals surface area contributed by atoms with E-state index in [-0.39, 0.29) is 0 Å². The first kappa shape index (κ1) is 11.4. The van der Waals surface area contributed by atoms with Crippen LogP contribution in [0.2, 0.25) is 5.02 Å². The highest BCUT2D eigenvalue weighted by Crippen LogP contribution is 2.24. The summed E-state index contributed by atoms with van der Waals surface area (Å²) in [6.45, 7) is 4.83. The van der Waals surface area contributed by atoms with E-state index in [1.54, 1.807) is 11.3 Å². The van der Waals surface area contributed by atoms with Crippen molar-refractivity contribution in [2.45, 2.75) is 20.4 Å². The summed E-state index contributed by atoms with van der Waals surface area (Å²) >= 11 is 7.76. The summed E-state index contributed by atoms with van der Waals surface area (Å²) in [7, 11) is 0. The molecular weight excluding hydrogens is 240 g/mol. The Balaban J connectivity index is 2.07. The molecule has 1 aromatic heterocycles. The van der Waals surface area contributed by atoms with Gasteiger partial charge in [-0.05, 0) is 31.5 Å². The lowest BCUT2D eigenvalue weighted by molar-refractivity contribution is 1.16. The third kappa shape index (κ3) is 2.54. The molecule has 0 unspecified atom stereocenters. The number of benzene rings is 1. The Morgan fingerprint density at radius 2 is 2.19 bits per heavy atom. The molecule has 0 radical (unpaired) electrons. The zero-order chi connectivity index (χ0) is 11.5. The van der Waals surface area contributed by atoms with Crippen LogP contribution in [-0.4, -0.2) is 4.98 Å². The number of nitrogens with zero attached hydrogens (tertiary/aromatic N) is 1. The number of rotatable bonds is 3. The molecule has 2 aromatic rings. The molecule has 0 fully saturated rings. The van der Waals surface area contributed by atoms with Gasteiger partial charge in [0.25, 0.3) is 0 Å². The van der Waals surface area contributed by atoms with Gasteiger partial charge in [-0.25, -0.2) is 4.98 Å². The van der Waals surface area contributed by atoms with E-state index in [0.29, 0.717) is 0 Å². The fourth-order valence-electron chi connectivity index (χ4n) is 1.47. The zero-order valence-corrected chi connectivity index (χ0v) is 10.8. The normalized spacial score (nSPS) is 10.4. The van der Waals surface area contributed by atoms with Crippen LogP contribution in [0.5, 0.6) is 0 Å². The maximum Gasteiger partial charge on any atom is 0.0897 e. The molecule has 84 valence electrons. The van der Waals surface area contributed by atoms with Crippen LogP contribution < -0.4 is 5.32 Å². The smallest absolute Gasteiger partial charge is 0.0897 e. The van der Waals surface area contributed by atoms with Gasteiger partial charge in [-0.15, -0.1) is 11.3 Å². The second-order valence-electron chi connectivity index (χ2n) is 3.61. The molecule has 0 saturated carbocycles. The molecule has 0 atom stereocenters. The van der Waals surface area contributed by atoms with E-state index in [1.807, 2.05) is 38.2 Å². The SMILES string of the molecule is Cc1ncc(CNc2cccc(Cl)c2C)s1. The van der Waals surface area contributed by atoms with Crippen molar-refractivity contribution in [1.29, 1.82) is 0 Å². The highest BCUT2D eigenvalue weighted by molar-refractivity contribution is 7.11. The molecule has 0 saturated heterocycles. The van der Waals surface area contributed by atoms with Crippen molar-refractivity contribution in [1.82, 2.24) is 4.98 Å². The van der Waals surface area contributed by atoms with Crippen LogP contribution in [0.1, 0.15) is 15.4 Å². The lowest BCUT2D eigenvalue weighted by atomic mass is 10.2. The molecule has 0 amide bonds. The van der Waals surface area contributed by atoms with E-state index in [0.717, 1.165) is 27.8 Å². The minimum Gasteiger partial charge on any atom is -0.380 e. The van der Waals surface area contributed by atoms with Crippen molar-refractivity contribution in [3.05, 3.63) is 44.9 Å². The van der Waals surface area contributed by atoms with E-state index in [4.69, 9.17) is 11.6 Å². The van der Waals surface area contributed by atoms with Crippen molar-refractivity contribution >= 4 is 28.6 Å². The van der Waals surface area contributed by atoms with Crippen LogP contribution in [0, 0.1) is 13.8 Å². The van der Waals surface area contributed by atoms with E-state index in [2.05, 4.69) is 10.3 Å². The molecule has 0 aliphatic carbocycles. The number of aryl methyl sites for hydroxylation is 1. The number of thiazole rings is 1. The number of nitrogens with one attached hydrogen (secondary N) is 1. The molecular formula is C12H13ClN2S. The van der Waals surface area contributed by atoms with Gasteiger partial charge in [0.15, 0.2) is 0 Å². The first-order valence-electron chi connectivity index (χ1n) is 5.07. The van der Waals surface area contributed by atoms with Crippen molar-refractivity contribution in [3.8, 4) is 0 Å². The van der Waals surface area contributed by atoms with Crippen molar-refractivity contribution in [3.63, 3.8) is 0 Å². The Morgan fingerprint density at radius 3 is 2.88 bits per heavy atom. The average molecular weight is 253 g/mol. The fourth-order valence-corrected chi connectivity index (χ4v) is 2.38. The monoisotopic (exact) mass is 252 g/mol. The van der Waals surface area contributed by atoms with Gasteiger partial charge in [-0.3, -0.25) is 0 Å². The van der Waals surface area contributed by atoms with Crippen LogP contribution >= 0.6 is 22.9 Å². The second-order valence-corrected chi connectivity index (χ2v) is 5.34. The minimum atomic E-state index is 0.797. The Labute approximate surface area is 104 Å². The highest BCUT2D eigenvalue weighted by Gasteiger charge is 2.02. The molecule has 4 heteroatoms. The van der Waals surface area contributed by atoms with Crippen molar-refractivity contribution in [2.24, 2.45) is 0 Å². The minimum absolute atomic E-state index is 0.797. The topological polar surface area (TPSA) is 24.9 Å². The number of hydrogen-bond acceptors (Lipinski definition) is 3. The molecule has 1 N–H and O–H groups in total. The molecule has 1 heterocycles. The summed E-state index contributed by atoms with van der Waals surface area (Å²) in [5.74, 6) is 0. The van der Waals surface area contributed by atoms with Gasteiger partial charge in [-0.2, -0.15) is 0 Å². The zero-order valence-electron chi connectivity index (χ0n) is 9.25. The summed E-state index contributed by atoms with van der Waals surface area (Å²) in [4.78, 5) is 5.45. The van der Waals surface area contributed by atoms with Crippen LogP contribution in [0.3, 0.4) is 0 Å². The largest absolute Gasteiger partial charge is 0.380 e. The van der Waals surface area contributed by atoms with E-state index < -0.39 is 0 Å². The highest BCUT2D eigenvalue weighted by atomic mass is 35.5. The predicted molar refractivity (Wildman–Crippen MR) is 70.4 cm³/mol. The Morgan fingerprint density at radius 1 is 1.38 bits per heavy atom.